The maximum atomic E-state index is 13.0. The molecule has 6 aliphatic rings. The molecule has 2 saturated heterocycles. The van der Waals surface area contributed by atoms with Crippen LogP contribution in [-0.2, 0) is 24.0 Å². The van der Waals surface area contributed by atoms with Gasteiger partial charge in [-0.2, -0.15) is 5.06 Å². The standard InChI is InChI=1S/C25H15NO9.C22H14O6.C21H12O7.C21H12O6.C4H5NO3.C2H6/c27-12-5-6-15-18(11-12)34-23-16(21(15)13-3-1-2-4-14(13)24(31)32)7-8-17(28)22(23)25(33)35-26-19(29)9-10-20(26)30;1-11(23)19-17(25)9-8-16-20(13-4-2-3-5-14(13)22(26)27)15-7-6-12(24)10-18(15)28-21(16)19;22-10-5-6-13-16(9-10)28-19-14(7-8-15(23)18(19)21(26)27)17(13)11-3-1-2-4-12(11)20(24)25;22-10-16-17(24)8-7-15-19(12-3-1-2-4-13(12)21(25)26)14-6-5-11(23)9-18(14)27-20(15)16;6-3-1-2-4(7)5(3)8;1-2/h1-8,11,27H,9-10H2,(H,31,32);2-10,23H,1H3,(H,26,27);1-9,22H,(H,24,25)(H,26,27);1-10,22H,(H,25,26);8H,1-2H2;1-2H3. The highest BCUT2D eigenvalue weighted by atomic mass is 16.7. The number of phenolic OH excluding ortho intramolecular Hbond substituents is 2. The number of imide groups is 2. The van der Waals surface area contributed by atoms with Gasteiger partial charge >= 0.3 is 35.8 Å². The molecule has 0 saturated carbocycles. The van der Waals surface area contributed by atoms with E-state index in [1.54, 1.807) is 91.0 Å². The number of carbonyl (C=O) groups excluding carboxylic acids is 5. The number of nitrogens with zero attached hydrogens (tertiary/aromatic N) is 2. The molecule has 2 aromatic heterocycles. The first-order valence-electron chi connectivity index (χ1n) is 38.3. The molecule has 128 heavy (non-hydrogen) atoms. The summed E-state index contributed by atoms with van der Waals surface area (Å²) in [6.07, 6.45) is 0.686. The molecule has 10 aromatic carbocycles. The quantitative estimate of drug-likeness (QED) is 0.0327. The number of carboxylic acid groups (broad SMARTS) is 5. The van der Waals surface area contributed by atoms with Crippen molar-refractivity contribution in [1.29, 1.82) is 0 Å². The second kappa shape index (κ2) is 36.4. The molecule has 0 radical (unpaired) electrons. The number of aromatic carboxylic acids is 5. The number of hydrogen-bond donors (Lipinski definition) is 10. The van der Waals surface area contributed by atoms with Crippen LogP contribution in [0.1, 0.15) is 109 Å². The molecule has 12 aromatic rings. The van der Waals surface area contributed by atoms with Gasteiger partial charge in [-0.25, -0.2) is 28.8 Å². The molecule has 0 bridgehead atoms. The summed E-state index contributed by atoms with van der Waals surface area (Å²) in [4.78, 5) is 194. The number of amides is 4. The molecule has 2 fully saturated rings. The Morgan fingerprint density at radius 3 is 1.08 bits per heavy atom. The Kier molecular flexibility index (Phi) is 25.0. The van der Waals surface area contributed by atoms with Crippen molar-refractivity contribution in [2.75, 3.05) is 0 Å². The van der Waals surface area contributed by atoms with Crippen molar-refractivity contribution in [3.63, 3.8) is 0 Å². The summed E-state index contributed by atoms with van der Waals surface area (Å²) >= 11 is 0. The van der Waals surface area contributed by atoms with Crippen molar-refractivity contribution < 1.29 is 122 Å². The van der Waals surface area contributed by atoms with Crippen LogP contribution in [-0.4, -0.2) is 121 Å². The van der Waals surface area contributed by atoms with E-state index >= 15 is 0 Å². The van der Waals surface area contributed by atoms with Crippen molar-refractivity contribution in [3.8, 4) is 78.7 Å². The van der Waals surface area contributed by atoms with Gasteiger partial charge in [-0.1, -0.05) is 86.6 Å². The third-order valence-electron chi connectivity index (χ3n) is 20.2. The molecule has 33 heteroatoms. The number of aromatic hydroxyl groups is 2. The van der Waals surface area contributed by atoms with Crippen molar-refractivity contribution in [2.24, 2.45) is 0 Å². The third kappa shape index (κ3) is 17.0. The van der Waals surface area contributed by atoms with Gasteiger partial charge in [0.2, 0.25) is 0 Å². The van der Waals surface area contributed by atoms with E-state index in [9.17, 15) is 123 Å². The highest BCUT2D eigenvalue weighted by molar-refractivity contribution is 6.16. The molecule has 4 amide bonds. The Bertz CT molecular complexity index is 7840. The third-order valence-corrected chi connectivity index (χ3v) is 20.2. The van der Waals surface area contributed by atoms with Crippen LogP contribution in [0.5, 0.6) is 11.5 Å². The fraction of sp³-hybridized carbons (Fsp3) is 0.0737. The van der Waals surface area contributed by atoms with Crippen LogP contribution in [0.3, 0.4) is 0 Å². The fourth-order valence-corrected chi connectivity index (χ4v) is 14.6. The average molecular weight is 1730 g/mol. The van der Waals surface area contributed by atoms with Crippen LogP contribution < -0.4 is 43.0 Å². The lowest BCUT2D eigenvalue weighted by Gasteiger charge is -2.19. The van der Waals surface area contributed by atoms with Crippen LogP contribution in [0.15, 0.2) is 265 Å². The summed E-state index contributed by atoms with van der Waals surface area (Å²) in [7, 11) is 0. The van der Waals surface area contributed by atoms with E-state index in [0.717, 1.165) is 12.1 Å². The first-order chi connectivity index (χ1) is 61.2. The molecule has 0 atom stereocenters. The Labute approximate surface area is 714 Å². The minimum absolute atomic E-state index is 0.00690. The summed E-state index contributed by atoms with van der Waals surface area (Å²) < 4.78 is 23.1. The number of benzene rings is 12. The number of hydrogen-bond acceptors (Lipinski definition) is 26. The molecular formula is C95H64N2O31. The molecule has 10 N–H and O–H groups in total. The van der Waals surface area contributed by atoms with E-state index < -0.39 is 92.3 Å². The van der Waals surface area contributed by atoms with E-state index in [4.69, 9.17) is 27.7 Å². The van der Waals surface area contributed by atoms with Gasteiger partial charge in [0.1, 0.15) is 61.5 Å². The number of hydroxylamine groups is 4. The number of carboxylic acids is 5. The van der Waals surface area contributed by atoms with E-state index in [1.807, 2.05) is 13.8 Å². The SMILES string of the molecule is CC.CC(O)=c1c(=O)ccc2c(-c3ccccc3C(=O)O)c3ccc(=O)cc3oc12.O=C(O)c1ccccc1-c1c2ccc(=O)c(C(=O)O)c-2oc2cc(O)ccc12.O=C(O)c1ccccc1-c1c2ccc(=O)c(C(=O)ON3C(=O)CCC3=O)c-2oc2cc(O)ccc12.O=C(O)c1ccccc1-c1c2ccc(=O)cc2oc2c(=CO)c(=O)ccc12.O=C1CCC(=O)N1O. The summed E-state index contributed by atoms with van der Waals surface area (Å²) in [6, 6.07) is 52.7. The zero-order valence-electron chi connectivity index (χ0n) is 66.6. The van der Waals surface area contributed by atoms with Crippen molar-refractivity contribution >= 4 is 137 Å². The number of phenols is 2. The number of carbonyl (C=O) groups is 10. The minimum Gasteiger partial charge on any atom is -0.515 e. The smallest absolute Gasteiger partial charge is 0.371 e. The van der Waals surface area contributed by atoms with Crippen molar-refractivity contribution in [1.82, 2.24) is 10.1 Å². The molecule has 6 heterocycles. The molecule has 2 aliphatic carbocycles. The predicted molar refractivity (Wildman–Crippen MR) is 461 cm³/mol. The maximum absolute atomic E-state index is 13.0. The number of aliphatic hydroxyl groups is 2. The number of fused-ring (bicyclic) bond motifs is 8. The van der Waals surface area contributed by atoms with E-state index in [1.165, 1.54) is 122 Å². The number of rotatable bonds is 11. The largest absolute Gasteiger partial charge is 0.515 e. The molecule has 0 unspecified atom stereocenters. The predicted octanol–water partition coefficient (Wildman–Crippen LogP) is 13.2. The second-order valence-electron chi connectivity index (χ2n) is 27.9. The molecule has 4 aliphatic heterocycles. The monoisotopic (exact) mass is 1730 g/mol. The van der Waals surface area contributed by atoms with Gasteiger partial charge in [0.25, 0.3) is 23.6 Å². The highest BCUT2D eigenvalue weighted by Crippen LogP contribution is 2.46. The van der Waals surface area contributed by atoms with Gasteiger partial charge in [0.15, 0.2) is 49.7 Å². The summed E-state index contributed by atoms with van der Waals surface area (Å²) in [5.41, 5.74) is 0.366. The first-order valence-corrected chi connectivity index (χ1v) is 38.3. The fourth-order valence-electron chi connectivity index (χ4n) is 14.6. The van der Waals surface area contributed by atoms with Crippen LogP contribution in [0.2, 0.25) is 0 Å². The van der Waals surface area contributed by atoms with Crippen LogP contribution in [0.4, 0.5) is 0 Å². The lowest BCUT2D eigenvalue weighted by atomic mass is 9.89. The zero-order valence-corrected chi connectivity index (χ0v) is 66.6. The molecule has 640 valence electrons. The maximum Gasteiger partial charge on any atom is 0.371 e. The Hall–Kier alpha value is -17.9. The summed E-state index contributed by atoms with van der Waals surface area (Å²) in [5.74, 6) is -10.7. The first kappa shape index (κ1) is 87.9. The number of aliphatic hydroxyl groups excluding tert-OH is 2. The molecular weight excluding hydrogens is 1670 g/mol. The average Bonchev–Trinajstić information content (AvgIpc) is 0.933. The topological polar surface area (TPSA) is 544 Å². The van der Waals surface area contributed by atoms with Crippen molar-refractivity contribution in [3.05, 3.63) is 324 Å². The van der Waals surface area contributed by atoms with E-state index in [-0.39, 0.29) is 153 Å². The molecule has 0 spiro atoms. The summed E-state index contributed by atoms with van der Waals surface area (Å²) in [6.45, 7) is 5.37. The van der Waals surface area contributed by atoms with Gasteiger partial charge in [0, 0.05) is 116 Å². The van der Waals surface area contributed by atoms with Gasteiger partial charge in [0.05, 0.1) is 33.7 Å². The normalized spacial score (nSPS) is 12.6. The van der Waals surface area contributed by atoms with Crippen LogP contribution >= 0.6 is 0 Å². The molecule has 33 nitrogen and oxygen atoms in total. The zero-order chi connectivity index (χ0) is 92.1. The van der Waals surface area contributed by atoms with Gasteiger partial charge in [-0.3, -0.25) is 53.2 Å². The van der Waals surface area contributed by atoms with Gasteiger partial charge < -0.3 is 68.5 Å². The van der Waals surface area contributed by atoms with Crippen LogP contribution in [0.25, 0.3) is 145 Å². The van der Waals surface area contributed by atoms with E-state index in [2.05, 4.69) is 0 Å². The second-order valence-corrected chi connectivity index (χ2v) is 27.9. The lowest BCUT2D eigenvalue weighted by Crippen LogP contribution is -2.34. The van der Waals surface area contributed by atoms with E-state index in [0.29, 0.717) is 82.6 Å². The van der Waals surface area contributed by atoms with Crippen molar-refractivity contribution in [2.45, 2.75) is 46.5 Å². The highest BCUT2D eigenvalue weighted by Gasteiger charge is 2.37. The minimum atomic E-state index is -1.46. The van der Waals surface area contributed by atoms with Crippen LogP contribution in [0, 0.1) is 0 Å². The Morgan fingerprint density at radius 2 is 0.688 bits per heavy atom. The van der Waals surface area contributed by atoms with Gasteiger partial charge in [-0.05, 0) is 151 Å². The Balaban J connectivity index is 0.000000141. The lowest BCUT2D eigenvalue weighted by molar-refractivity contribution is -0.173. The summed E-state index contributed by atoms with van der Waals surface area (Å²) in [5, 5.41) is 99.0. The van der Waals surface area contributed by atoms with Gasteiger partial charge in [-0.15, -0.1) is 5.06 Å². The Morgan fingerprint density at radius 1 is 0.352 bits per heavy atom. The molecule has 18 rings (SSSR count).